The Bertz CT molecular complexity index is 1120. The molecule has 8 heteroatoms. The van der Waals surface area contributed by atoms with Crippen molar-refractivity contribution >= 4 is 27.4 Å². The Balaban J connectivity index is 1.50. The highest BCUT2D eigenvalue weighted by molar-refractivity contribution is 7.92. The van der Waals surface area contributed by atoms with Gasteiger partial charge in [0, 0.05) is 37.9 Å². The van der Waals surface area contributed by atoms with E-state index in [1.54, 1.807) is 30.3 Å². The largest absolute Gasteiger partial charge is 0.478 e. The van der Waals surface area contributed by atoms with Crippen molar-refractivity contribution in [1.29, 1.82) is 0 Å². The van der Waals surface area contributed by atoms with E-state index in [-0.39, 0.29) is 16.1 Å². The van der Waals surface area contributed by atoms with Crippen LogP contribution in [0.4, 0.5) is 11.4 Å². The third-order valence-electron chi connectivity index (χ3n) is 7.04. The van der Waals surface area contributed by atoms with Crippen molar-refractivity contribution in [3.8, 4) is 0 Å². The SMILES string of the molecule is Cc1ccc(S(=O)(=O)Nc2ccc(N3CCN(C4CCCCC4)CC3)cc2C(=O)O)cc1C. The number of anilines is 2. The van der Waals surface area contributed by atoms with Gasteiger partial charge in [-0.15, -0.1) is 0 Å². The van der Waals surface area contributed by atoms with Gasteiger partial charge in [-0.2, -0.15) is 0 Å². The fourth-order valence-electron chi connectivity index (χ4n) is 4.87. The summed E-state index contributed by atoms with van der Waals surface area (Å²) in [5.74, 6) is -1.16. The predicted octanol–water partition coefficient (Wildman–Crippen LogP) is 4.26. The van der Waals surface area contributed by atoms with E-state index in [0.717, 1.165) is 43.0 Å². The fraction of sp³-hybridized carbons (Fsp3) is 0.480. The minimum atomic E-state index is -3.90. The number of hydrogen-bond acceptors (Lipinski definition) is 5. The lowest BCUT2D eigenvalue weighted by Gasteiger charge is -2.41. The molecule has 33 heavy (non-hydrogen) atoms. The zero-order valence-corrected chi connectivity index (χ0v) is 20.2. The minimum absolute atomic E-state index is 0.0466. The molecule has 0 amide bonds. The summed E-state index contributed by atoms with van der Waals surface area (Å²) < 4.78 is 28.3. The average molecular weight is 472 g/mol. The molecule has 2 N–H and O–H groups in total. The molecule has 0 aromatic heterocycles. The van der Waals surface area contributed by atoms with Crippen LogP contribution in [0, 0.1) is 13.8 Å². The lowest BCUT2D eigenvalue weighted by molar-refractivity contribution is 0.0698. The van der Waals surface area contributed by atoms with E-state index in [1.807, 2.05) is 13.8 Å². The molecule has 1 aliphatic carbocycles. The summed E-state index contributed by atoms with van der Waals surface area (Å²) in [6.07, 6.45) is 6.52. The van der Waals surface area contributed by atoms with E-state index in [1.165, 1.54) is 38.2 Å². The van der Waals surface area contributed by atoms with Crippen molar-refractivity contribution in [3.63, 3.8) is 0 Å². The fourth-order valence-corrected chi connectivity index (χ4v) is 6.04. The van der Waals surface area contributed by atoms with Gasteiger partial charge in [-0.1, -0.05) is 25.3 Å². The highest BCUT2D eigenvalue weighted by Gasteiger charge is 2.26. The quantitative estimate of drug-likeness (QED) is 0.654. The third-order valence-corrected chi connectivity index (χ3v) is 8.40. The van der Waals surface area contributed by atoms with Crippen LogP contribution < -0.4 is 9.62 Å². The van der Waals surface area contributed by atoms with Gasteiger partial charge in [-0.05, 0) is 68.1 Å². The average Bonchev–Trinajstić information content (AvgIpc) is 2.81. The second-order valence-corrected chi connectivity index (χ2v) is 10.9. The molecule has 2 aromatic carbocycles. The molecule has 0 spiro atoms. The number of carboxylic acid groups (broad SMARTS) is 1. The van der Waals surface area contributed by atoms with E-state index < -0.39 is 16.0 Å². The maximum Gasteiger partial charge on any atom is 0.337 e. The van der Waals surface area contributed by atoms with Crippen LogP contribution in [-0.4, -0.2) is 56.6 Å². The monoisotopic (exact) mass is 471 g/mol. The predicted molar refractivity (Wildman–Crippen MR) is 131 cm³/mol. The normalized spacial score (nSPS) is 18.3. The lowest BCUT2D eigenvalue weighted by atomic mass is 9.94. The zero-order chi connectivity index (χ0) is 23.6. The number of benzene rings is 2. The number of rotatable bonds is 6. The molecule has 2 aliphatic rings. The Labute approximate surface area is 196 Å². The van der Waals surface area contributed by atoms with Gasteiger partial charge in [-0.25, -0.2) is 13.2 Å². The van der Waals surface area contributed by atoms with E-state index in [9.17, 15) is 18.3 Å². The molecule has 0 bridgehead atoms. The summed E-state index contributed by atoms with van der Waals surface area (Å²) in [5.41, 5.74) is 2.69. The van der Waals surface area contributed by atoms with E-state index >= 15 is 0 Å². The minimum Gasteiger partial charge on any atom is -0.478 e. The van der Waals surface area contributed by atoms with Crippen LogP contribution in [-0.2, 0) is 10.0 Å². The summed E-state index contributed by atoms with van der Waals surface area (Å²) >= 11 is 0. The smallest absolute Gasteiger partial charge is 0.337 e. The molecule has 1 saturated carbocycles. The van der Waals surface area contributed by atoms with Crippen molar-refractivity contribution in [2.45, 2.75) is 56.9 Å². The van der Waals surface area contributed by atoms with Crippen LogP contribution in [0.2, 0.25) is 0 Å². The molecule has 2 aromatic rings. The summed E-state index contributed by atoms with van der Waals surface area (Å²) in [6.45, 7) is 7.37. The highest BCUT2D eigenvalue weighted by atomic mass is 32.2. The Morgan fingerprint density at radius 1 is 0.939 bits per heavy atom. The van der Waals surface area contributed by atoms with E-state index in [2.05, 4.69) is 14.5 Å². The molecular weight excluding hydrogens is 438 g/mol. The number of aryl methyl sites for hydroxylation is 2. The molecule has 7 nitrogen and oxygen atoms in total. The van der Waals surface area contributed by atoms with Crippen molar-refractivity contribution in [3.05, 3.63) is 53.1 Å². The number of nitrogens with zero attached hydrogens (tertiary/aromatic N) is 2. The van der Waals surface area contributed by atoms with Gasteiger partial charge in [0.05, 0.1) is 16.1 Å². The molecule has 178 valence electrons. The lowest BCUT2D eigenvalue weighted by Crippen LogP contribution is -2.50. The van der Waals surface area contributed by atoms with Crippen LogP contribution in [0.3, 0.4) is 0 Å². The Kier molecular flexibility index (Phi) is 6.95. The van der Waals surface area contributed by atoms with Crippen LogP contribution in [0.15, 0.2) is 41.3 Å². The molecule has 1 saturated heterocycles. The number of hydrogen-bond donors (Lipinski definition) is 2. The van der Waals surface area contributed by atoms with Crippen LogP contribution in [0.1, 0.15) is 53.6 Å². The maximum atomic E-state index is 12.9. The molecule has 0 radical (unpaired) electrons. The first kappa shape index (κ1) is 23.6. The van der Waals surface area contributed by atoms with Gasteiger partial charge < -0.3 is 10.0 Å². The number of nitrogens with one attached hydrogen (secondary N) is 1. The Morgan fingerprint density at radius 2 is 1.64 bits per heavy atom. The summed E-state index contributed by atoms with van der Waals surface area (Å²) in [7, 11) is -3.90. The summed E-state index contributed by atoms with van der Waals surface area (Å²) in [6, 6.07) is 10.5. The van der Waals surface area contributed by atoms with Gasteiger partial charge in [-0.3, -0.25) is 9.62 Å². The number of sulfonamides is 1. The van der Waals surface area contributed by atoms with Crippen molar-refractivity contribution in [1.82, 2.24) is 4.90 Å². The first-order chi connectivity index (χ1) is 15.7. The van der Waals surface area contributed by atoms with Gasteiger partial charge in [0.2, 0.25) is 0 Å². The second kappa shape index (κ2) is 9.73. The molecule has 1 heterocycles. The molecule has 4 rings (SSSR count). The van der Waals surface area contributed by atoms with Gasteiger partial charge in [0.1, 0.15) is 0 Å². The maximum absolute atomic E-state index is 12.9. The second-order valence-electron chi connectivity index (χ2n) is 9.20. The molecule has 2 fully saturated rings. The van der Waals surface area contributed by atoms with Crippen LogP contribution in [0.25, 0.3) is 0 Å². The summed E-state index contributed by atoms with van der Waals surface area (Å²) in [5, 5.41) is 9.79. The molecule has 0 unspecified atom stereocenters. The third kappa shape index (κ3) is 5.33. The number of carbonyl (C=O) groups is 1. The van der Waals surface area contributed by atoms with E-state index in [4.69, 9.17) is 0 Å². The topological polar surface area (TPSA) is 90.0 Å². The Morgan fingerprint density at radius 3 is 2.27 bits per heavy atom. The van der Waals surface area contributed by atoms with Gasteiger partial charge in [0.15, 0.2) is 0 Å². The van der Waals surface area contributed by atoms with Gasteiger partial charge >= 0.3 is 5.97 Å². The van der Waals surface area contributed by atoms with Crippen LogP contribution in [0.5, 0.6) is 0 Å². The first-order valence-electron chi connectivity index (χ1n) is 11.7. The summed E-state index contributed by atoms with van der Waals surface area (Å²) in [4.78, 5) is 16.8. The zero-order valence-electron chi connectivity index (χ0n) is 19.4. The van der Waals surface area contributed by atoms with Gasteiger partial charge in [0.25, 0.3) is 10.0 Å². The van der Waals surface area contributed by atoms with Crippen molar-refractivity contribution in [2.24, 2.45) is 0 Å². The van der Waals surface area contributed by atoms with Crippen LogP contribution >= 0.6 is 0 Å². The van der Waals surface area contributed by atoms with Crippen molar-refractivity contribution in [2.75, 3.05) is 35.8 Å². The highest BCUT2D eigenvalue weighted by Crippen LogP contribution is 2.29. The number of carboxylic acids is 1. The number of piperazine rings is 1. The standard InChI is InChI=1S/C25H33N3O4S/c1-18-8-10-22(16-19(18)2)33(31,32)26-24-11-9-21(17-23(24)25(29)30)28-14-12-27(13-15-28)20-6-4-3-5-7-20/h8-11,16-17,20,26H,3-7,12-15H2,1-2H3,(H,29,30). The molecule has 0 atom stereocenters. The van der Waals surface area contributed by atoms with Crippen molar-refractivity contribution < 1.29 is 18.3 Å². The number of aromatic carboxylic acids is 1. The molecule has 1 aliphatic heterocycles. The van der Waals surface area contributed by atoms with E-state index in [0.29, 0.717) is 6.04 Å². The molecular formula is C25H33N3O4S. The Hall–Kier alpha value is -2.58. The first-order valence-corrected chi connectivity index (χ1v) is 13.2.